The zero-order valence-electron chi connectivity index (χ0n) is 17.4. The molecule has 2 unspecified atom stereocenters. The van der Waals surface area contributed by atoms with Crippen LogP contribution < -0.4 is 10.9 Å². The highest BCUT2D eigenvalue weighted by Crippen LogP contribution is 2.41. The molecule has 0 spiro atoms. The minimum atomic E-state index is 0.236. The second-order valence-electron chi connectivity index (χ2n) is 7.55. The molecule has 3 rings (SSSR count). The lowest BCUT2D eigenvalue weighted by molar-refractivity contribution is 0.656. The zero-order valence-corrected chi connectivity index (χ0v) is 20.8. The van der Waals surface area contributed by atoms with Crippen molar-refractivity contribution in [1.29, 1.82) is 0 Å². The lowest BCUT2D eigenvalue weighted by atomic mass is 9.88. The van der Waals surface area contributed by atoms with Crippen molar-refractivity contribution in [1.82, 2.24) is 0 Å². The fourth-order valence-electron chi connectivity index (χ4n) is 2.93. The third-order valence-corrected chi connectivity index (χ3v) is 10.00. The highest BCUT2D eigenvalue weighted by Gasteiger charge is 2.26. The van der Waals surface area contributed by atoms with Crippen molar-refractivity contribution >= 4 is 84.5 Å². The fourth-order valence-corrected chi connectivity index (χ4v) is 6.70. The van der Waals surface area contributed by atoms with Gasteiger partial charge >= 0.3 is 0 Å². The molecule has 0 saturated carbocycles. The molecular weight excluding hydrogens is 412 g/mol. The van der Waals surface area contributed by atoms with Gasteiger partial charge in [0.25, 0.3) is 0 Å². The van der Waals surface area contributed by atoms with Gasteiger partial charge in [-0.25, -0.2) is 24.1 Å². The fraction of sp³-hybridized carbons (Fsp3) is 0.400. The van der Waals surface area contributed by atoms with Crippen LogP contribution in [0, 0.1) is 0 Å². The molecule has 0 N–H and O–H groups in total. The van der Waals surface area contributed by atoms with Crippen LogP contribution in [0.25, 0.3) is 0 Å². The van der Waals surface area contributed by atoms with Gasteiger partial charge in [-0.3, -0.25) is 0 Å². The Morgan fingerprint density at radius 3 is 2.61 bits per heavy atom. The molecule has 0 amide bonds. The Kier molecular flexibility index (Phi) is 11.1. The summed E-state index contributed by atoms with van der Waals surface area (Å²) in [5.41, 5.74) is 5.32. The van der Waals surface area contributed by atoms with Crippen molar-refractivity contribution in [2.45, 2.75) is 49.4 Å². The average molecular weight is 442 g/mol. The molecule has 28 heavy (non-hydrogen) atoms. The highest BCUT2D eigenvalue weighted by atomic mass is 32.2. The van der Waals surface area contributed by atoms with Gasteiger partial charge in [0.15, 0.2) is 0 Å². The maximum absolute atomic E-state index is 4.29. The van der Waals surface area contributed by atoms with E-state index in [1.165, 1.54) is 35.7 Å². The molecule has 1 aromatic carbocycles. The SMILES string of the molecule is C=C(BS)/C=C\C(BSC1(C)CCCC(C)SBc2ccc(cc2)BS1)=C/C. The van der Waals surface area contributed by atoms with Gasteiger partial charge in [0.2, 0.25) is 26.2 Å². The summed E-state index contributed by atoms with van der Waals surface area (Å²) in [5.74, 6) is 0. The van der Waals surface area contributed by atoms with E-state index in [-0.39, 0.29) is 4.08 Å². The van der Waals surface area contributed by atoms with Crippen LogP contribution in [0.15, 0.2) is 60.0 Å². The Balaban J connectivity index is 2.05. The minimum Gasteiger partial charge on any atom is -0.225 e. The molecule has 0 nitrogen and oxygen atoms in total. The molecule has 0 saturated heterocycles. The van der Waals surface area contributed by atoms with E-state index in [2.05, 4.69) is 117 Å². The predicted molar refractivity (Wildman–Crippen MR) is 150 cm³/mol. The second kappa shape index (κ2) is 12.7. The van der Waals surface area contributed by atoms with E-state index >= 15 is 0 Å². The predicted octanol–water partition coefficient (Wildman–Crippen LogP) is 3.73. The maximum Gasteiger partial charge on any atom is 0.226 e. The van der Waals surface area contributed by atoms with Gasteiger partial charge in [-0.2, -0.15) is 23.2 Å². The summed E-state index contributed by atoms with van der Waals surface area (Å²) in [6.07, 6.45) is 10.4. The van der Waals surface area contributed by atoms with Crippen LogP contribution in [0.5, 0.6) is 0 Å². The molecule has 0 aromatic heterocycles. The summed E-state index contributed by atoms with van der Waals surface area (Å²) in [4.78, 5) is 0. The van der Waals surface area contributed by atoms with Crippen LogP contribution in [0.3, 0.4) is 0 Å². The third kappa shape index (κ3) is 8.85. The van der Waals surface area contributed by atoms with Crippen molar-refractivity contribution in [3.05, 3.63) is 60.0 Å². The summed E-state index contributed by atoms with van der Waals surface area (Å²) in [5, 5.41) is 0.723. The summed E-state index contributed by atoms with van der Waals surface area (Å²) in [7, 11) is 0. The molecule has 2 atom stereocenters. The topological polar surface area (TPSA) is 0 Å². The van der Waals surface area contributed by atoms with E-state index in [1.807, 2.05) is 0 Å². The number of allylic oxidation sites excluding steroid dienone is 5. The smallest absolute Gasteiger partial charge is 0.225 e. The molecular formula is C20H30B4S4. The second-order valence-corrected chi connectivity index (χ2v) is 12.5. The van der Waals surface area contributed by atoms with Crippen LogP contribution in [-0.2, 0) is 0 Å². The number of fused-ring (bicyclic) bond motifs is 10. The van der Waals surface area contributed by atoms with Crippen molar-refractivity contribution in [2.24, 2.45) is 0 Å². The minimum absolute atomic E-state index is 0.236. The van der Waals surface area contributed by atoms with Gasteiger partial charge in [-0.05, 0) is 31.9 Å². The first-order chi connectivity index (χ1) is 13.4. The normalized spacial score (nSPS) is 23.7. The molecule has 0 radical (unpaired) electrons. The molecule has 0 aliphatic carbocycles. The first-order valence-corrected chi connectivity index (χ1v) is 13.7. The van der Waals surface area contributed by atoms with E-state index in [9.17, 15) is 0 Å². The van der Waals surface area contributed by atoms with Crippen LogP contribution in [0.2, 0.25) is 0 Å². The molecule has 2 aliphatic heterocycles. The van der Waals surface area contributed by atoms with Crippen LogP contribution in [0.4, 0.5) is 0 Å². The maximum atomic E-state index is 4.29. The number of rotatable bonds is 6. The Morgan fingerprint density at radius 2 is 1.96 bits per heavy atom. The van der Waals surface area contributed by atoms with Crippen LogP contribution in [-0.4, -0.2) is 35.6 Å². The monoisotopic (exact) mass is 442 g/mol. The summed E-state index contributed by atoms with van der Waals surface area (Å²) >= 11 is 10.6. The molecule has 8 heteroatoms. The highest BCUT2D eigenvalue weighted by molar-refractivity contribution is 8.39. The number of benzene rings is 1. The first kappa shape index (κ1) is 24.4. The largest absolute Gasteiger partial charge is 0.226 e. The van der Waals surface area contributed by atoms with Crippen molar-refractivity contribution < 1.29 is 0 Å². The zero-order chi connectivity index (χ0) is 20.4. The Hall–Kier alpha value is 0.0997. The van der Waals surface area contributed by atoms with E-state index in [1.54, 1.807) is 0 Å². The van der Waals surface area contributed by atoms with Crippen molar-refractivity contribution in [2.75, 3.05) is 0 Å². The lowest BCUT2D eigenvalue weighted by Gasteiger charge is -2.30. The molecule has 146 valence electrons. The number of thiol groups is 1. The molecule has 2 heterocycles. The number of hydrogen-bond donors (Lipinski definition) is 1. The standard InChI is InChI=1S/C20H30B4S4/c1-5-17(9-8-15(2)21-25)23-27-20(4)14-6-7-16(3)26-22-18-10-12-19(13-11-18)24-28-20/h5,8-13,16,21-25H,2,6-7,14H2,1,3-4H3/b9-8-,17-5+. The van der Waals surface area contributed by atoms with E-state index in [0.717, 1.165) is 30.4 Å². The van der Waals surface area contributed by atoms with Gasteiger partial charge in [0, 0.05) is 4.08 Å². The van der Waals surface area contributed by atoms with Crippen molar-refractivity contribution in [3.63, 3.8) is 0 Å². The van der Waals surface area contributed by atoms with Crippen molar-refractivity contribution in [3.8, 4) is 0 Å². The average Bonchev–Trinajstić information content (AvgIpc) is 2.72. The van der Waals surface area contributed by atoms with E-state index < -0.39 is 0 Å². The molecule has 0 fully saturated rings. The number of hydrogen-bond acceptors (Lipinski definition) is 4. The van der Waals surface area contributed by atoms with Gasteiger partial charge in [0.05, 0.1) is 0 Å². The molecule has 2 bridgehead atoms. The quantitative estimate of drug-likeness (QED) is 0.406. The lowest BCUT2D eigenvalue weighted by Crippen LogP contribution is -2.24. The van der Waals surface area contributed by atoms with Gasteiger partial charge in [-0.1, -0.05) is 77.7 Å². The van der Waals surface area contributed by atoms with Crippen LogP contribution in [0.1, 0.15) is 40.0 Å². The summed E-state index contributed by atoms with van der Waals surface area (Å²) in [6, 6.07) is 9.27. The van der Waals surface area contributed by atoms with Gasteiger partial charge < -0.3 is 0 Å². The molecule has 2 aliphatic rings. The van der Waals surface area contributed by atoms with E-state index in [0.29, 0.717) is 6.56 Å². The van der Waals surface area contributed by atoms with Gasteiger partial charge in [-0.15, -0.1) is 6.58 Å². The van der Waals surface area contributed by atoms with E-state index in [4.69, 9.17) is 0 Å². The Morgan fingerprint density at radius 1 is 1.29 bits per heavy atom. The van der Waals surface area contributed by atoms with Gasteiger partial charge in [0.1, 0.15) is 0 Å². The Bertz CT molecular complexity index is 690. The Labute approximate surface area is 193 Å². The summed E-state index contributed by atoms with van der Waals surface area (Å²) < 4.78 is 0.236. The molecule has 1 aromatic rings. The first-order valence-electron chi connectivity index (χ1n) is 10.0. The third-order valence-electron chi connectivity index (χ3n) is 4.99. The van der Waals surface area contributed by atoms with Crippen LogP contribution >= 0.6 is 47.3 Å². The summed E-state index contributed by atoms with van der Waals surface area (Å²) in [6.45, 7) is 14.9.